The standard InChI is InChI=1S/C23H21N5O5/c1-26-13-17-21(25-26)22(30)28(12-15-5-3-2-4-6-15)23(31)27(17)14-20(29)24-16-7-8-18-19(11-16)33-10-9-32-18/h2-8,11,13H,9-10,12,14H2,1H3,(H,24,29). The van der Waals surface area contributed by atoms with Crippen molar-refractivity contribution >= 4 is 22.6 Å². The molecule has 0 unspecified atom stereocenters. The molecule has 0 bridgehead atoms. The predicted molar refractivity (Wildman–Crippen MR) is 121 cm³/mol. The minimum absolute atomic E-state index is 0.0782. The first-order valence-corrected chi connectivity index (χ1v) is 10.4. The Morgan fingerprint density at radius 3 is 2.58 bits per heavy atom. The van der Waals surface area contributed by atoms with Crippen molar-refractivity contribution in [3.8, 4) is 11.5 Å². The molecule has 0 atom stereocenters. The Labute approximate surface area is 187 Å². The van der Waals surface area contributed by atoms with Gasteiger partial charge in [0.15, 0.2) is 17.0 Å². The summed E-state index contributed by atoms with van der Waals surface area (Å²) in [5.74, 6) is 0.728. The van der Waals surface area contributed by atoms with Gasteiger partial charge in [0.05, 0.1) is 12.1 Å². The van der Waals surface area contributed by atoms with Gasteiger partial charge in [-0.25, -0.2) is 4.79 Å². The second-order valence-corrected chi connectivity index (χ2v) is 7.69. The maximum absolute atomic E-state index is 13.3. The van der Waals surface area contributed by atoms with Gasteiger partial charge in [-0.2, -0.15) is 5.10 Å². The summed E-state index contributed by atoms with van der Waals surface area (Å²) in [5.41, 5.74) is 0.649. The molecule has 168 valence electrons. The number of hydrogen-bond donors (Lipinski definition) is 1. The molecule has 0 aliphatic carbocycles. The van der Waals surface area contributed by atoms with Gasteiger partial charge in [0.2, 0.25) is 5.91 Å². The number of nitrogens with one attached hydrogen (secondary N) is 1. The van der Waals surface area contributed by atoms with E-state index in [2.05, 4.69) is 10.4 Å². The number of rotatable bonds is 5. The third kappa shape index (κ3) is 3.98. The highest BCUT2D eigenvalue weighted by Crippen LogP contribution is 2.32. The largest absolute Gasteiger partial charge is 0.486 e. The molecule has 0 radical (unpaired) electrons. The number of hydrogen-bond acceptors (Lipinski definition) is 6. The van der Waals surface area contributed by atoms with E-state index in [1.165, 1.54) is 9.25 Å². The molecule has 1 N–H and O–H groups in total. The molecule has 0 spiro atoms. The van der Waals surface area contributed by atoms with Crippen molar-refractivity contribution in [3.05, 3.63) is 81.1 Å². The topological polar surface area (TPSA) is 109 Å². The number of anilines is 1. The van der Waals surface area contributed by atoms with Crippen molar-refractivity contribution in [2.45, 2.75) is 13.1 Å². The summed E-state index contributed by atoms with van der Waals surface area (Å²) in [6.07, 6.45) is 1.56. The van der Waals surface area contributed by atoms with Gasteiger partial charge < -0.3 is 14.8 Å². The van der Waals surface area contributed by atoms with Gasteiger partial charge in [-0.3, -0.25) is 23.4 Å². The van der Waals surface area contributed by atoms with Crippen molar-refractivity contribution < 1.29 is 14.3 Å². The van der Waals surface area contributed by atoms with Crippen molar-refractivity contribution in [3.63, 3.8) is 0 Å². The average molecular weight is 447 g/mol. The highest BCUT2D eigenvalue weighted by Gasteiger charge is 2.19. The van der Waals surface area contributed by atoms with E-state index in [1.807, 2.05) is 30.3 Å². The lowest BCUT2D eigenvalue weighted by Gasteiger charge is -2.19. The number of nitrogens with zero attached hydrogens (tertiary/aromatic N) is 4. The van der Waals surface area contributed by atoms with Crippen LogP contribution < -0.4 is 26.0 Å². The Hall–Kier alpha value is -4.34. The Bertz CT molecular complexity index is 1470. The smallest absolute Gasteiger partial charge is 0.332 e. The summed E-state index contributed by atoms with van der Waals surface area (Å²) in [6.45, 7) is 0.697. The Morgan fingerprint density at radius 1 is 1.03 bits per heavy atom. The molecule has 3 heterocycles. The Kier molecular flexibility index (Phi) is 5.17. The van der Waals surface area contributed by atoms with Crippen LogP contribution in [0.2, 0.25) is 0 Å². The zero-order valence-corrected chi connectivity index (χ0v) is 17.9. The van der Waals surface area contributed by atoms with Crippen LogP contribution in [-0.2, 0) is 24.9 Å². The van der Waals surface area contributed by atoms with Gasteiger partial charge in [0, 0.05) is 25.0 Å². The van der Waals surface area contributed by atoms with Crippen LogP contribution in [0.4, 0.5) is 5.69 Å². The molecule has 2 aromatic heterocycles. The van der Waals surface area contributed by atoms with Crippen molar-refractivity contribution in [2.24, 2.45) is 7.05 Å². The minimum Gasteiger partial charge on any atom is -0.486 e. The minimum atomic E-state index is -0.582. The summed E-state index contributed by atoms with van der Waals surface area (Å²) in [4.78, 5) is 39.1. The Balaban J connectivity index is 1.49. The molecular formula is C23H21N5O5. The molecule has 0 saturated carbocycles. The van der Waals surface area contributed by atoms with E-state index >= 15 is 0 Å². The molecule has 1 aliphatic rings. The molecule has 0 saturated heterocycles. The Morgan fingerprint density at radius 2 is 1.79 bits per heavy atom. The van der Waals surface area contributed by atoms with Crippen LogP contribution in [0.5, 0.6) is 11.5 Å². The first-order chi connectivity index (χ1) is 16.0. The fourth-order valence-corrected chi connectivity index (χ4v) is 3.81. The van der Waals surface area contributed by atoms with Crippen LogP contribution in [-0.4, -0.2) is 38.0 Å². The highest BCUT2D eigenvalue weighted by atomic mass is 16.6. The molecule has 10 heteroatoms. The number of carbonyl (C=O) groups excluding carboxylic acids is 1. The fourth-order valence-electron chi connectivity index (χ4n) is 3.81. The van der Waals surface area contributed by atoms with E-state index in [0.717, 1.165) is 10.1 Å². The number of carbonyl (C=O) groups is 1. The zero-order chi connectivity index (χ0) is 22.9. The molecular weight excluding hydrogens is 426 g/mol. The summed E-state index contributed by atoms with van der Waals surface area (Å²) in [6, 6.07) is 14.3. The van der Waals surface area contributed by atoms with Crippen LogP contribution in [0, 0.1) is 0 Å². The maximum atomic E-state index is 13.3. The normalized spacial score (nSPS) is 12.6. The first-order valence-electron chi connectivity index (χ1n) is 10.4. The second-order valence-electron chi connectivity index (χ2n) is 7.69. The van der Waals surface area contributed by atoms with E-state index in [-0.39, 0.29) is 18.6 Å². The molecule has 4 aromatic rings. The van der Waals surface area contributed by atoms with E-state index in [9.17, 15) is 14.4 Å². The van der Waals surface area contributed by atoms with Gasteiger partial charge >= 0.3 is 5.69 Å². The van der Waals surface area contributed by atoms with Gasteiger partial charge in [0.25, 0.3) is 5.56 Å². The van der Waals surface area contributed by atoms with Gasteiger partial charge in [-0.1, -0.05) is 30.3 Å². The summed E-state index contributed by atoms with van der Waals surface area (Å²) in [7, 11) is 1.66. The van der Waals surface area contributed by atoms with Gasteiger partial charge in [-0.15, -0.1) is 0 Å². The molecule has 5 rings (SSSR count). The van der Waals surface area contributed by atoms with Gasteiger partial charge in [0.1, 0.15) is 19.8 Å². The molecule has 0 fully saturated rings. The lowest BCUT2D eigenvalue weighted by molar-refractivity contribution is -0.116. The fraction of sp³-hybridized carbons (Fsp3) is 0.217. The lowest BCUT2D eigenvalue weighted by atomic mass is 10.2. The third-order valence-electron chi connectivity index (χ3n) is 5.32. The van der Waals surface area contributed by atoms with Crippen molar-refractivity contribution in [1.29, 1.82) is 0 Å². The number of aryl methyl sites for hydroxylation is 1. The molecule has 2 aromatic carbocycles. The van der Waals surface area contributed by atoms with Crippen LogP contribution in [0.15, 0.2) is 64.3 Å². The number of aromatic nitrogens is 4. The number of fused-ring (bicyclic) bond motifs is 2. The van der Waals surface area contributed by atoms with E-state index in [1.54, 1.807) is 31.4 Å². The maximum Gasteiger partial charge on any atom is 0.332 e. The number of benzene rings is 2. The predicted octanol–water partition coefficient (Wildman–Crippen LogP) is 1.35. The van der Waals surface area contributed by atoms with Crippen LogP contribution in [0.3, 0.4) is 0 Å². The van der Waals surface area contributed by atoms with Crippen molar-refractivity contribution in [2.75, 3.05) is 18.5 Å². The van der Waals surface area contributed by atoms with Crippen LogP contribution in [0.25, 0.3) is 11.0 Å². The third-order valence-corrected chi connectivity index (χ3v) is 5.32. The van der Waals surface area contributed by atoms with Crippen LogP contribution >= 0.6 is 0 Å². The first kappa shape index (κ1) is 20.6. The quantitative estimate of drug-likeness (QED) is 0.495. The summed E-state index contributed by atoms with van der Waals surface area (Å²) < 4.78 is 14.9. The number of amides is 1. The lowest BCUT2D eigenvalue weighted by Crippen LogP contribution is -2.41. The SMILES string of the molecule is Cn1cc2c(n1)c(=O)n(Cc1ccccc1)c(=O)n2CC(=O)Nc1ccc2c(c1)OCCO2. The monoisotopic (exact) mass is 447 g/mol. The molecule has 33 heavy (non-hydrogen) atoms. The average Bonchev–Trinajstić information content (AvgIpc) is 3.22. The number of ether oxygens (including phenoxy) is 2. The molecule has 1 amide bonds. The second kappa shape index (κ2) is 8.30. The highest BCUT2D eigenvalue weighted by molar-refractivity contribution is 5.91. The summed E-state index contributed by atoms with van der Waals surface area (Å²) in [5, 5.41) is 6.99. The van der Waals surface area contributed by atoms with Crippen molar-refractivity contribution in [1.82, 2.24) is 18.9 Å². The zero-order valence-electron chi connectivity index (χ0n) is 17.9. The van der Waals surface area contributed by atoms with E-state index < -0.39 is 17.2 Å². The molecule has 10 nitrogen and oxygen atoms in total. The van der Waals surface area contributed by atoms with E-state index in [0.29, 0.717) is 35.9 Å². The van der Waals surface area contributed by atoms with Crippen LogP contribution in [0.1, 0.15) is 5.56 Å². The summed E-state index contributed by atoms with van der Waals surface area (Å²) >= 11 is 0. The molecule has 1 aliphatic heterocycles. The van der Waals surface area contributed by atoms with Gasteiger partial charge in [-0.05, 0) is 17.7 Å². The van der Waals surface area contributed by atoms with E-state index in [4.69, 9.17) is 9.47 Å².